The van der Waals surface area contributed by atoms with E-state index in [0.717, 1.165) is 28.8 Å². The third kappa shape index (κ3) is 2.45. The van der Waals surface area contributed by atoms with Crippen LogP contribution in [0.3, 0.4) is 0 Å². The number of aryl methyl sites for hydroxylation is 1. The van der Waals surface area contributed by atoms with Gasteiger partial charge in [-0.05, 0) is 43.3 Å². The molecule has 1 aliphatic rings. The summed E-state index contributed by atoms with van der Waals surface area (Å²) in [5.74, 6) is 1.27. The molecule has 0 radical (unpaired) electrons. The number of ketones is 1. The fourth-order valence-corrected chi connectivity index (χ4v) is 3.12. The van der Waals surface area contributed by atoms with Crippen LogP contribution < -0.4 is 9.47 Å². The molecular formula is C20H17NO4. The van der Waals surface area contributed by atoms with Crippen molar-refractivity contribution in [3.8, 4) is 17.2 Å². The number of Topliss-reactive ketones (excluding diaryl/α,β-unsaturated/α-hetero) is 1. The van der Waals surface area contributed by atoms with Crippen LogP contribution >= 0.6 is 0 Å². The van der Waals surface area contributed by atoms with E-state index in [1.165, 1.54) is 12.1 Å². The van der Waals surface area contributed by atoms with Crippen LogP contribution in [0, 0.1) is 0 Å². The van der Waals surface area contributed by atoms with Crippen LogP contribution in [0.1, 0.15) is 22.8 Å². The highest BCUT2D eigenvalue weighted by Crippen LogP contribution is 2.35. The zero-order chi connectivity index (χ0) is 17.6. The van der Waals surface area contributed by atoms with Crippen molar-refractivity contribution in [2.75, 3.05) is 7.11 Å². The van der Waals surface area contributed by atoms with E-state index in [9.17, 15) is 9.90 Å². The molecule has 5 heteroatoms. The summed E-state index contributed by atoms with van der Waals surface area (Å²) < 4.78 is 13.1. The van der Waals surface area contributed by atoms with Crippen LogP contribution in [0.4, 0.5) is 0 Å². The summed E-state index contributed by atoms with van der Waals surface area (Å²) in [5, 5.41) is 10.6. The minimum atomic E-state index is -0.185. The maximum Gasteiger partial charge on any atom is 0.231 e. The maximum absolute atomic E-state index is 12.5. The molecule has 1 N–H and O–H groups in total. The van der Waals surface area contributed by atoms with Crippen molar-refractivity contribution >= 4 is 22.8 Å². The number of hydrogen-bond donors (Lipinski definition) is 1. The summed E-state index contributed by atoms with van der Waals surface area (Å²) in [6.07, 6.45) is 3.74. The lowest BCUT2D eigenvalue weighted by molar-refractivity contribution is 0.101. The number of carbonyl (C=O) groups excluding carboxylic acids is 1. The predicted octanol–water partition coefficient (Wildman–Crippen LogP) is 3.99. The van der Waals surface area contributed by atoms with Crippen LogP contribution in [0.2, 0.25) is 0 Å². The first-order valence-corrected chi connectivity index (χ1v) is 8.05. The van der Waals surface area contributed by atoms with E-state index < -0.39 is 0 Å². The monoisotopic (exact) mass is 335 g/mol. The third-order valence-corrected chi connectivity index (χ3v) is 4.40. The van der Waals surface area contributed by atoms with Crippen molar-refractivity contribution in [2.24, 2.45) is 0 Å². The van der Waals surface area contributed by atoms with Crippen molar-refractivity contribution in [3.05, 3.63) is 59.5 Å². The molecule has 0 bridgehead atoms. The summed E-state index contributed by atoms with van der Waals surface area (Å²) in [7, 11) is 1.63. The molecule has 0 amide bonds. The lowest BCUT2D eigenvalue weighted by atomic mass is 10.1. The molecular weight excluding hydrogens is 318 g/mol. The normalized spacial score (nSPS) is 14.8. The molecule has 1 aliphatic heterocycles. The second-order valence-electron chi connectivity index (χ2n) is 5.87. The molecule has 126 valence electrons. The van der Waals surface area contributed by atoms with Crippen molar-refractivity contribution in [3.63, 3.8) is 0 Å². The first-order chi connectivity index (χ1) is 12.1. The average molecular weight is 335 g/mol. The Bertz CT molecular complexity index is 1030. The Morgan fingerprint density at radius 1 is 1.24 bits per heavy atom. The van der Waals surface area contributed by atoms with Gasteiger partial charge in [-0.15, -0.1) is 0 Å². The number of fused-ring (bicyclic) bond motifs is 2. The van der Waals surface area contributed by atoms with Gasteiger partial charge in [-0.2, -0.15) is 0 Å². The fraction of sp³-hybridized carbons (Fsp3) is 0.150. The lowest BCUT2D eigenvalue weighted by Gasteiger charge is -2.02. The van der Waals surface area contributed by atoms with Crippen LogP contribution in [0.25, 0.3) is 17.0 Å². The number of methoxy groups -OCH3 is 1. The molecule has 25 heavy (non-hydrogen) atoms. The van der Waals surface area contributed by atoms with E-state index in [1.54, 1.807) is 19.3 Å². The highest BCUT2D eigenvalue weighted by molar-refractivity contribution is 6.15. The molecule has 5 nitrogen and oxygen atoms in total. The predicted molar refractivity (Wildman–Crippen MR) is 95.2 cm³/mol. The van der Waals surface area contributed by atoms with Gasteiger partial charge >= 0.3 is 0 Å². The quantitative estimate of drug-likeness (QED) is 0.735. The number of allylic oxidation sites excluding steroid dienone is 1. The van der Waals surface area contributed by atoms with Gasteiger partial charge in [0, 0.05) is 35.3 Å². The number of hydrogen-bond acceptors (Lipinski definition) is 4. The number of carbonyl (C=O) groups is 1. The topological polar surface area (TPSA) is 60.7 Å². The SMILES string of the molecule is CCn1cc(C=C2Oc3cc(O)ccc3C2=O)c2cc(OC)ccc21. The summed E-state index contributed by atoms with van der Waals surface area (Å²) in [4.78, 5) is 12.5. The van der Waals surface area contributed by atoms with Gasteiger partial charge in [0.25, 0.3) is 0 Å². The van der Waals surface area contributed by atoms with Crippen molar-refractivity contribution in [1.29, 1.82) is 0 Å². The largest absolute Gasteiger partial charge is 0.508 e. The number of rotatable bonds is 3. The van der Waals surface area contributed by atoms with Crippen molar-refractivity contribution < 1.29 is 19.4 Å². The van der Waals surface area contributed by atoms with Crippen LogP contribution in [-0.2, 0) is 6.54 Å². The van der Waals surface area contributed by atoms with E-state index in [2.05, 4.69) is 11.5 Å². The van der Waals surface area contributed by atoms with Crippen LogP contribution in [0.5, 0.6) is 17.2 Å². The summed E-state index contributed by atoms with van der Waals surface area (Å²) in [6.45, 7) is 2.88. The summed E-state index contributed by atoms with van der Waals surface area (Å²) in [6, 6.07) is 10.4. The Labute approximate surface area is 144 Å². The van der Waals surface area contributed by atoms with Crippen molar-refractivity contribution in [1.82, 2.24) is 4.57 Å². The van der Waals surface area contributed by atoms with Gasteiger partial charge in [0.15, 0.2) is 5.76 Å². The van der Waals surface area contributed by atoms with Gasteiger partial charge in [0.2, 0.25) is 5.78 Å². The molecule has 0 atom stereocenters. The van der Waals surface area contributed by atoms with E-state index in [0.29, 0.717) is 11.3 Å². The van der Waals surface area contributed by atoms with E-state index in [4.69, 9.17) is 9.47 Å². The number of aromatic hydroxyl groups is 1. The minimum Gasteiger partial charge on any atom is -0.508 e. The van der Waals surface area contributed by atoms with E-state index >= 15 is 0 Å². The van der Waals surface area contributed by atoms with Gasteiger partial charge in [-0.1, -0.05) is 0 Å². The molecule has 1 aromatic heterocycles. The first-order valence-electron chi connectivity index (χ1n) is 8.05. The summed E-state index contributed by atoms with van der Waals surface area (Å²) >= 11 is 0. The highest BCUT2D eigenvalue weighted by atomic mass is 16.5. The third-order valence-electron chi connectivity index (χ3n) is 4.40. The zero-order valence-corrected chi connectivity index (χ0v) is 13.9. The lowest BCUT2D eigenvalue weighted by Crippen LogP contribution is -1.97. The van der Waals surface area contributed by atoms with Crippen molar-refractivity contribution in [2.45, 2.75) is 13.5 Å². The average Bonchev–Trinajstić information content (AvgIpc) is 3.12. The standard InChI is InChI=1S/C20H17NO4/c1-3-21-11-12(16-10-14(24-2)5-7-17(16)21)8-19-20(23)15-6-4-13(22)9-18(15)25-19/h4-11,22H,3H2,1-2H3. The second kappa shape index (κ2) is 5.70. The van der Waals surface area contributed by atoms with Gasteiger partial charge in [-0.3, -0.25) is 4.79 Å². The Kier molecular flexibility index (Phi) is 3.50. The van der Waals surface area contributed by atoms with Gasteiger partial charge in [0.1, 0.15) is 17.2 Å². The van der Waals surface area contributed by atoms with E-state index in [1.807, 2.05) is 24.4 Å². The molecule has 0 unspecified atom stereocenters. The van der Waals surface area contributed by atoms with Crippen LogP contribution in [-0.4, -0.2) is 22.6 Å². The van der Waals surface area contributed by atoms with Gasteiger partial charge in [0.05, 0.1) is 12.7 Å². The molecule has 3 aromatic rings. The molecule has 0 aliphatic carbocycles. The fourth-order valence-electron chi connectivity index (χ4n) is 3.12. The number of phenolic OH excluding ortho intramolecular Hbond substituents is 1. The zero-order valence-electron chi connectivity index (χ0n) is 13.9. The summed E-state index contributed by atoms with van der Waals surface area (Å²) in [5.41, 5.74) is 2.41. The molecule has 0 fully saturated rings. The number of phenols is 1. The molecule has 4 rings (SSSR count). The molecule has 2 aromatic carbocycles. The number of nitrogens with zero attached hydrogens (tertiary/aromatic N) is 1. The first kappa shape index (κ1) is 15.3. The second-order valence-corrected chi connectivity index (χ2v) is 5.87. The maximum atomic E-state index is 12.5. The van der Waals surface area contributed by atoms with Gasteiger partial charge < -0.3 is 19.1 Å². The number of aromatic nitrogens is 1. The Hall–Kier alpha value is -3.21. The highest BCUT2D eigenvalue weighted by Gasteiger charge is 2.28. The molecule has 0 saturated carbocycles. The Morgan fingerprint density at radius 3 is 2.84 bits per heavy atom. The van der Waals surface area contributed by atoms with E-state index in [-0.39, 0.29) is 17.3 Å². The minimum absolute atomic E-state index is 0.0696. The molecule has 2 heterocycles. The van der Waals surface area contributed by atoms with Crippen LogP contribution in [0.15, 0.2) is 48.4 Å². The van der Waals surface area contributed by atoms with Gasteiger partial charge in [-0.25, -0.2) is 0 Å². The smallest absolute Gasteiger partial charge is 0.231 e. The Balaban J connectivity index is 1.83. The number of ether oxygens (including phenoxy) is 2. The molecule has 0 saturated heterocycles. The number of benzene rings is 2. The Morgan fingerprint density at radius 2 is 2.08 bits per heavy atom. The molecule has 0 spiro atoms.